The van der Waals surface area contributed by atoms with Crippen molar-refractivity contribution >= 4 is 0 Å². The normalized spacial score (nSPS) is 13.3. The zero-order chi connectivity index (χ0) is 11.2. The van der Waals surface area contributed by atoms with Crippen molar-refractivity contribution in [3.63, 3.8) is 0 Å². The highest BCUT2D eigenvalue weighted by Gasteiger charge is 2.18. The lowest BCUT2D eigenvalue weighted by Crippen LogP contribution is -2.34. The highest BCUT2D eigenvalue weighted by molar-refractivity contribution is 4.73. The van der Waals surface area contributed by atoms with E-state index in [0.29, 0.717) is 10.8 Å². The maximum atomic E-state index is 3.57. The Balaban J connectivity index is 3.65. The Morgan fingerprint density at radius 3 is 1.93 bits per heavy atom. The number of hydrogen-bond donors (Lipinski definition) is 1. The van der Waals surface area contributed by atoms with Gasteiger partial charge in [-0.25, -0.2) is 0 Å². The quantitative estimate of drug-likeness (QED) is 0.685. The lowest BCUT2D eigenvalue weighted by atomic mass is 9.86. The highest BCUT2D eigenvalue weighted by Crippen LogP contribution is 2.22. The highest BCUT2D eigenvalue weighted by atomic mass is 14.9. The molecule has 0 amide bonds. The Morgan fingerprint density at radius 1 is 0.929 bits per heavy atom. The summed E-state index contributed by atoms with van der Waals surface area (Å²) in [6.45, 7) is 16.1. The van der Waals surface area contributed by atoms with Crippen molar-refractivity contribution in [1.82, 2.24) is 5.32 Å². The molecule has 0 atom stereocenters. The van der Waals surface area contributed by atoms with Crippen LogP contribution in [0.5, 0.6) is 0 Å². The zero-order valence-corrected chi connectivity index (χ0v) is 11.0. The minimum atomic E-state index is 0.404. The molecule has 0 aliphatic rings. The summed E-state index contributed by atoms with van der Waals surface area (Å²) in [5, 5.41) is 3.57. The molecule has 14 heavy (non-hydrogen) atoms. The summed E-state index contributed by atoms with van der Waals surface area (Å²) in [5.74, 6) is 0. The van der Waals surface area contributed by atoms with Crippen LogP contribution in [0.3, 0.4) is 0 Å². The predicted octanol–water partition coefficient (Wildman–Crippen LogP) is 3.84. The van der Waals surface area contributed by atoms with Gasteiger partial charge >= 0.3 is 0 Å². The van der Waals surface area contributed by atoms with Gasteiger partial charge in [-0.3, -0.25) is 0 Å². The van der Waals surface area contributed by atoms with Crippen molar-refractivity contribution in [1.29, 1.82) is 0 Å². The van der Waals surface area contributed by atoms with Gasteiger partial charge in [0.05, 0.1) is 0 Å². The van der Waals surface area contributed by atoms with E-state index in [9.17, 15) is 0 Å². The van der Waals surface area contributed by atoms with Crippen LogP contribution in [0.15, 0.2) is 0 Å². The minimum absolute atomic E-state index is 0.404. The Hall–Kier alpha value is -0.0400. The van der Waals surface area contributed by atoms with Gasteiger partial charge in [-0.15, -0.1) is 0 Å². The standard InChI is InChI=1S/C13H29N/c1-7-8-9-13(5,6)11-14-10-12(2,3)4/h14H,7-11H2,1-6H3. The molecule has 0 aliphatic heterocycles. The van der Waals surface area contributed by atoms with Crippen molar-refractivity contribution in [2.24, 2.45) is 10.8 Å². The number of unbranched alkanes of at least 4 members (excludes halogenated alkanes) is 1. The van der Waals surface area contributed by atoms with Gasteiger partial charge in [0.2, 0.25) is 0 Å². The van der Waals surface area contributed by atoms with Crippen LogP contribution in [0, 0.1) is 10.8 Å². The smallest absolute Gasteiger partial charge is 0.000274 e. The van der Waals surface area contributed by atoms with Crippen molar-refractivity contribution in [3.05, 3.63) is 0 Å². The first-order valence-electron chi connectivity index (χ1n) is 5.97. The van der Waals surface area contributed by atoms with E-state index in [0.717, 1.165) is 13.1 Å². The first kappa shape index (κ1) is 14.0. The maximum Gasteiger partial charge on any atom is 0.000274 e. The fraction of sp³-hybridized carbons (Fsp3) is 1.00. The second-order valence-electron chi connectivity index (χ2n) is 6.43. The van der Waals surface area contributed by atoms with Crippen LogP contribution in [0.1, 0.15) is 60.8 Å². The molecule has 0 saturated heterocycles. The minimum Gasteiger partial charge on any atom is -0.316 e. The van der Waals surface area contributed by atoms with E-state index >= 15 is 0 Å². The third-order valence-electron chi connectivity index (χ3n) is 2.47. The van der Waals surface area contributed by atoms with E-state index in [1.807, 2.05) is 0 Å². The zero-order valence-electron chi connectivity index (χ0n) is 11.0. The number of hydrogen-bond acceptors (Lipinski definition) is 1. The Kier molecular flexibility index (Phi) is 5.73. The molecule has 0 radical (unpaired) electrons. The average Bonchev–Trinajstić information content (AvgIpc) is 1.98. The largest absolute Gasteiger partial charge is 0.316 e. The SMILES string of the molecule is CCCCC(C)(C)CNCC(C)(C)C. The molecule has 0 aromatic carbocycles. The van der Waals surface area contributed by atoms with Crippen molar-refractivity contribution in [2.75, 3.05) is 13.1 Å². The lowest BCUT2D eigenvalue weighted by molar-refractivity contribution is 0.278. The first-order chi connectivity index (χ1) is 6.27. The van der Waals surface area contributed by atoms with Crippen LogP contribution in [0.25, 0.3) is 0 Å². The number of rotatable bonds is 6. The molecule has 1 N–H and O–H groups in total. The van der Waals surface area contributed by atoms with Crippen LogP contribution in [0.2, 0.25) is 0 Å². The summed E-state index contributed by atoms with van der Waals surface area (Å²) in [6.07, 6.45) is 3.99. The van der Waals surface area contributed by atoms with Crippen molar-refractivity contribution in [2.45, 2.75) is 60.8 Å². The van der Waals surface area contributed by atoms with Gasteiger partial charge in [-0.2, -0.15) is 0 Å². The third kappa shape index (κ3) is 8.55. The van der Waals surface area contributed by atoms with Crippen molar-refractivity contribution in [3.8, 4) is 0 Å². The maximum absolute atomic E-state index is 3.57. The summed E-state index contributed by atoms with van der Waals surface area (Å²) in [5.41, 5.74) is 0.863. The molecule has 1 nitrogen and oxygen atoms in total. The van der Waals surface area contributed by atoms with Gasteiger partial charge in [0.15, 0.2) is 0 Å². The van der Waals surface area contributed by atoms with Crippen LogP contribution in [-0.2, 0) is 0 Å². The van der Waals surface area contributed by atoms with E-state index in [2.05, 4.69) is 46.9 Å². The lowest BCUT2D eigenvalue weighted by Gasteiger charge is -2.27. The van der Waals surface area contributed by atoms with Gasteiger partial charge in [0, 0.05) is 13.1 Å². The molecule has 0 unspecified atom stereocenters. The fourth-order valence-electron chi connectivity index (χ4n) is 1.52. The van der Waals surface area contributed by atoms with Gasteiger partial charge in [0.1, 0.15) is 0 Å². The molecule has 0 aliphatic carbocycles. The Morgan fingerprint density at radius 2 is 1.50 bits per heavy atom. The Bertz CT molecular complexity index is 142. The first-order valence-corrected chi connectivity index (χ1v) is 5.97. The number of nitrogens with one attached hydrogen (secondary N) is 1. The van der Waals surface area contributed by atoms with E-state index in [-0.39, 0.29) is 0 Å². The van der Waals surface area contributed by atoms with Crippen molar-refractivity contribution < 1.29 is 0 Å². The monoisotopic (exact) mass is 199 g/mol. The van der Waals surface area contributed by atoms with Gasteiger partial charge < -0.3 is 5.32 Å². The Labute approximate surface area is 90.7 Å². The molecule has 0 saturated carbocycles. The molecule has 0 spiro atoms. The summed E-state index contributed by atoms with van der Waals surface area (Å²) in [7, 11) is 0. The van der Waals surface area contributed by atoms with Gasteiger partial charge in [-0.05, 0) is 17.3 Å². The van der Waals surface area contributed by atoms with Gasteiger partial charge in [-0.1, -0.05) is 54.4 Å². The van der Waals surface area contributed by atoms with E-state index < -0.39 is 0 Å². The third-order valence-corrected chi connectivity index (χ3v) is 2.47. The molecule has 0 fully saturated rings. The molecule has 0 aromatic heterocycles. The molecular weight excluding hydrogens is 170 g/mol. The van der Waals surface area contributed by atoms with Crippen LogP contribution < -0.4 is 5.32 Å². The van der Waals surface area contributed by atoms with Crippen LogP contribution in [-0.4, -0.2) is 13.1 Å². The molecular formula is C13H29N. The molecule has 0 heterocycles. The fourth-order valence-corrected chi connectivity index (χ4v) is 1.52. The molecule has 0 aromatic rings. The van der Waals surface area contributed by atoms with E-state index in [4.69, 9.17) is 0 Å². The summed E-state index contributed by atoms with van der Waals surface area (Å²) >= 11 is 0. The van der Waals surface area contributed by atoms with E-state index in [1.165, 1.54) is 19.3 Å². The molecule has 0 bridgehead atoms. The molecule has 0 rings (SSSR count). The second kappa shape index (κ2) is 5.75. The predicted molar refractivity (Wildman–Crippen MR) is 65.6 cm³/mol. The van der Waals surface area contributed by atoms with Gasteiger partial charge in [0.25, 0.3) is 0 Å². The summed E-state index contributed by atoms with van der Waals surface area (Å²) in [6, 6.07) is 0. The molecule has 86 valence electrons. The topological polar surface area (TPSA) is 12.0 Å². The summed E-state index contributed by atoms with van der Waals surface area (Å²) < 4.78 is 0. The average molecular weight is 199 g/mol. The van der Waals surface area contributed by atoms with Crippen LogP contribution >= 0.6 is 0 Å². The van der Waals surface area contributed by atoms with E-state index in [1.54, 1.807) is 0 Å². The summed E-state index contributed by atoms with van der Waals surface area (Å²) in [4.78, 5) is 0. The van der Waals surface area contributed by atoms with Crippen LogP contribution in [0.4, 0.5) is 0 Å². The molecule has 1 heteroatoms. The second-order valence-corrected chi connectivity index (χ2v) is 6.43.